The second-order valence-corrected chi connectivity index (χ2v) is 10.3. The molecular formula is C24H21ClN4O2S2. The van der Waals surface area contributed by atoms with Gasteiger partial charge >= 0.3 is 0 Å². The standard InChI is InChI=1S/C24H21ClN4O2S2/c1-14-8-10-15(11-9-14)29-23(31)20-16-5-2-3-7-18(16)33-22(20)28-24(29)32-13-19(30)27-17-6-4-12-26-21(17)25/h4,6,8-12H,2-3,5,7,13H2,1H3,(H,27,30). The molecule has 5 rings (SSSR count). The molecule has 0 bridgehead atoms. The highest BCUT2D eigenvalue weighted by molar-refractivity contribution is 7.99. The zero-order valence-electron chi connectivity index (χ0n) is 17.9. The van der Waals surface area contributed by atoms with Crippen LogP contribution >= 0.6 is 34.7 Å². The summed E-state index contributed by atoms with van der Waals surface area (Å²) < 4.78 is 1.64. The molecule has 0 aliphatic heterocycles. The molecule has 1 aromatic carbocycles. The van der Waals surface area contributed by atoms with Gasteiger partial charge in [-0.05, 0) is 62.4 Å². The van der Waals surface area contributed by atoms with Crippen molar-refractivity contribution in [3.05, 3.63) is 74.1 Å². The van der Waals surface area contributed by atoms with Crippen LogP contribution in [0.15, 0.2) is 52.5 Å². The minimum absolute atomic E-state index is 0.0681. The van der Waals surface area contributed by atoms with Crippen molar-refractivity contribution in [2.24, 2.45) is 0 Å². The lowest BCUT2D eigenvalue weighted by Crippen LogP contribution is -2.23. The molecule has 3 heterocycles. The molecule has 4 aromatic rings. The monoisotopic (exact) mass is 496 g/mol. The number of nitrogens with one attached hydrogen (secondary N) is 1. The zero-order chi connectivity index (χ0) is 22.9. The molecule has 168 valence electrons. The molecule has 3 aromatic heterocycles. The summed E-state index contributed by atoms with van der Waals surface area (Å²) in [5.74, 6) is -0.162. The van der Waals surface area contributed by atoms with Crippen LogP contribution in [0, 0.1) is 6.92 Å². The Kier molecular flexibility index (Phi) is 6.23. The number of nitrogens with zero attached hydrogens (tertiary/aromatic N) is 3. The Labute approximate surface area is 204 Å². The quantitative estimate of drug-likeness (QED) is 0.227. The van der Waals surface area contributed by atoms with Crippen LogP contribution in [0.4, 0.5) is 5.69 Å². The fourth-order valence-corrected chi connectivity index (χ4v) is 6.28. The van der Waals surface area contributed by atoms with Crippen LogP contribution in [0.5, 0.6) is 0 Å². The number of carbonyl (C=O) groups is 1. The second-order valence-electron chi connectivity index (χ2n) is 7.94. The molecule has 33 heavy (non-hydrogen) atoms. The number of halogens is 1. The molecule has 0 fully saturated rings. The molecule has 0 radical (unpaired) electrons. The van der Waals surface area contributed by atoms with Crippen molar-refractivity contribution >= 4 is 56.5 Å². The lowest BCUT2D eigenvalue weighted by Gasteiger charge is -2.14. The Bertz CT molecular complexity index is 1410. The molecule has 9 heteroatoms. The molecule has 1 aliphatic carbocycles. The molecule has 0 saturated heterocycles. The molecular weight excluding hydrogens is 476 g/mol. The molecule has 1 aliphatic rings. The Morgan fingerprint density at radius 2 is 2.00 bits per heavy atom. The fraction of sp³-hybridized carbons (Fsp3) is 0.250. The SMILES string of the molecule is Cc1ccc(-n2c(SCC(=O)Nc3cccnc3Cl)nc3sc4c(c3c2=O)CCCC4)cc1. The number of benzene rings is 1. The first-order valence-electron chi connectivity index (χ1n) is 10.7. The summed E-state index contributed by atoms with van der Waals surface area (Å²) in [6.45, 7) is 2.01. The number of hydrogen-bond acceptors (Lipinski definition) is 6. The maximum atomic E-state index is 13.7. The summed E-state index contributed by atoms with van der Waals surface area (Å²) >= 11 is 8.90. The van der Waals surface area contributed by atoms with E-state index in [9.17, 15) is 9.59 Å². The van der Waals surface area contributed by atoms with Crippen molar-refractivity contribution in [3.63, 3.8) is 0 Å². The van der Waals surface area contributed by atoms with Gasteiger partial charge in [-0.3, -0.25) is 14.2 Å². The lowest BCUT2D eigenvalue weighted by molar-refractivity contribution is -0.113. The normalized spacial score (nSPS) is 13.2. The van der Waals surface area contributed by atoms with Gasteiger partial charge in [-0.1, -0.05) is 41.1 Å². The first kappa shape index (κ1) is 22.1. The van der Waals surface area contributed by atoms with Crippen molar-refractivity contribution in [1.29, 1.82) is 0 Å². The van der Waals surface area contributed by atoms with E-state index in [1.54, 1.807) is 34.2 Å². The third kappa shape index (κ3) is 4.43. The van der Waals surface area contributed by atoms with E-state index in [4.69, 9.17) is 16.6 Å². The van der Waals surface area contributed by atoms with Gasteiger partial charge in [-0.15, -0.1) is 11.3 Å². The largest absolute Gasteiger partial charge is 0.323 e. The summed E-state index contributed by atoms with van der Waals surface area (Å²) in [5, 5.41) is 4.23. The van der Waals surface area contributed by atoms with E-state index in [0.29, 0.717) is 10.8 Å². The second kappa shape index (κ2) is 9.29. The van der Waals surface area contributed by atoms with Crippen LogP contribution in [-0.2, 0) is 17.6 Å². The highest BCUT2D eigenvalue weighted by Gasteiger charge is 2.23. The molecule has 0 spiro atoms. The average Bonchev–Trinajstić information content (AvgIpc) is 3.19. The Morgan fingerprint density at radius 3 is 2.79 bits per heavy atom. The van der Waals surface area contributed by atoms with E-state index < -0.39 is 0 Å². The van der Waals surface area contributed by atoms with E-state index in [1.807, 2.05) is 31.2 Å². The molecule has 0 saturated carbocycles. The summed E-state index contributed by atoms with van der Waals surface area (Å²) in [6, 6.07) is 11.2. The number of hydrogen-bond donors (Lipinski definition) is 1. The molecule has 1 N–H and O–H groups in total. The molecule has 6 nitrogen and oxygen atoms in total. The van der Waals surface area contributed by atoms with Crippen LogP contribution in [-0.4, -0.2) is 26.2 Å². The van der Waals surface area contributed by atoms with Gasteiger partial charge in [0.05, 0.1) is 22.5 Å². The smallest absolute Gasteiger partial charge is 0.267 e. The molecule has 0 unspecified atom stereocenters. The van der Waals surface area contributed by atoms with E-state index in [0.717, 1.165) is 52.7 Å². The van der Waals surface area contributed by atoms with E-state index in [-0.39, 0.29) is 22.4 Å². The van der Waals surface area contributed by atoms with E-state index in [1.165, 1.54) is 16.6 Å². The number of fused-ring (bicyclic) bond motifs is 3. The van der Waals surface area contributed by atoms with E-state index >= 15 is 0 Å². The highest BCUT2D eigenvalue weighted by atomic mass is 35.5. The minimum atomic E-state index is -0.245. The van der Waals surface area contributed by atoms with Crippen molar-refractivity contribution in [1.82, 2.24) is 14.5 Å². The van der Waals surface area contributed by atoms with Gasteiger partial charge < -0.3 is 5.32 Å². The zero-order valence-corrected chi connectivity index (χ0v) is 20.3. The van der Waals surface area contributed by atoms with Crippen LogP contribution < -0.4 is 10.9 Å². The molecule has 0 atom stereocenters. The minimum Gasteiger partial charge on any atom is -0.323 e. The predicted octanol–water partition coefficient (Wildman–Crippen LogP) is 5.41. The van der Waals surface area contributed by atoms with Crippen molar-refractivity contribution < 1.29 is 4.79 Å². The Hall–Kier alpha value is -2.68. The number of amides is 1. The number of thioether (sulfide) groups is 1. The maximum Gasteiger partial charge on any atom is 0.267 e. The summed E-state index contributed by atoms with van der Waals surface area (Å²) in [7, 11) is 0. The number of pyridine rings is 1. The maximum absolute atomic E-state index is 13.7. The van der Waals surface area contributed by atoms with Gasteiger partial charge in [0.1, 0.15) is 4.83 Å². The van der Waals surface area contributed by atoms with E-state index in [2.05, 4.69) is 10.3 Å². The third-order valence-corrected chi connectivity index (χ3v) is 8.04. The van der Waals surface area contributed by atoms with Crippen LogP contribution in [0.3, 0.4) is 0 Å². The fourth-order valence-electron chi connectivity index (χ4n) is 4.00. The van der Waals surface area contributed by atoms with Crippen LogP contribution in [0.1, 0.15) is 28.8 Å². The van der Waals surface area contributed by atoms with Crippen molar-refractivity contribution in [2.75, 3.05) is 11.1 Å². The Balaban J connectivity index is 1.53. The van der Waals surface area contributed by atoms with Gasteiger partial charge in [-0.25, -0.2) is 9.97 Å². The number of aromatic nitrogens is 3. The van der Waals surface area contributed by atoms with Gasteiger partial charge in [0.15, 0.2) is 10.3 Å². The summed E-state index contributed by atoms with van der Waals surface area (Å²) in [5.41, 5.74) is 3.39. The van der Waals surface area contributed by atoms with Crippen LogP contribution in [0.2, 0.25) is 5.15 Å². The van der Waals surface area contributed by atoms with Gasteiger partial charge in [-0.2, -0.15) is 0 Å². The predicted molar refractivity (Wildman–Crippen MR) is 135 cm³/mol. The average molecular weight is 497 g/mol. The van der Waals surface area contributed by atoms with Gasteiger partial charge in [0, 0.05) is 11.1 Å². The topological polar surface area (TPSA) is 76.9 Å². The summed E-state index contributed by atoms with van der Waals surface area (Å²) in [6.07, 6.45) is 5.71. The highest BCUT2D eigenvalue weighted by Crippen LogP contribution is 2.35. The lowest BCUT2D eigenvalue weighted by atomic mass is 9.97. The molecule has 1 amide bonds. The van der Waals surface area contributed by atoms with Crippen molar-refractivity contribution in [2.45, 2.75) is 37.8 Å². The summed E-state index contributed by atoms with van der Waals surface area (Å²) in [4.78, 5) is 37.2. The number of thiophene rings is 1. The number of carbonyl (C=O) groups excluding carboxylic acids is 1. The van der Waals surface area contributed by atoms with Crippen molar-refractivity contribution in [3.8, 4) is 5.69 Å². The van der Waals surface area contributed by atoms with Crippen LogP contribution in [0.25, 0.3) is 15.9 Å². The van der Waals surface area contributed by atoms with Gasteiger partial charge in [0.2, 0.25) is 5.91 Å². The number of aryl methyl sites for hydroxylation is 3. The third-order valence-electron chi connectivity index (χ3n) is 5.62. The number of anilines is 1. The Morgan fingerprint density at radius 1 is 1.21 bits per heavy atom. The first-order valence-corrected chi connectivity index (χ1v) is 12.9. The van der Waals surface area contributed by atoms with Gasteiger partial charge in [0.25, 0.3) is 5.56 Å². The number of rotatable bonds is 5. The first-order chi connectivity index (χ1) is 16.0.